The lowest BCUT2D eigenvalue weighted by atomic mass is 9.82. The molecule has 8 heteroatoms. The van der Waals surface area contributed by atoms with Gasteiger partial charge in [-0.3, -0.25) is 15.1 Å². The number of hydrogen-bond acceptors (Lipinski definition) is 5. The normalized spacial score (nSPS) is 30.3. The summed E-state index contributed by atoms with van der Waals surface area (Å²) < 4.78 is 4.92. The maximum absolute atomic E-state index is 12.3. The Morgan fingerprint density at radius 1 is 1.48 bits per heavy atom. The van der Waals surface area contributed by atoms with Crippen molar-refractivity contribution in [2.24, 2.45) is 5.92 Å². The molecule has 3 aliphatic rings. The molecule has 0 spiro atoms. The van der Waals surface area contributed by atoms with Gasteiger partial charge in [0.1, 0.15) is 0 Å². The molecule has 0 aliphatic carbocycles. The molecule has 0 aromatic heterocycles. The Bertz CT molecular complexity index is 669. The van der Waals surface area contributed by atoms with Gasteiger partial charge in [0.2, 0.25) is 11.8 Å². The van der Waals surface area contributed by atoms with Crippen molar-refractivity contribution in [3.63, 3.8) is 0 Å². The average Bonchev–Trinajstić information content (AvgIpc) is 3.08. The predicted octanol–water partition coefficient (Wildman–Crippen LogP) is 1.52. The fourth-order valence-corrected chi connectivity index (χ4v) is 4.07. The number of carboxylic acid groups (broad SMARTS) is 1. The summed E-state index contributed by atoms with van der Waals surface area (Å²) in [4.78, 5) is 26.6. The van der Waals surface area contributed by atoms with Crippen molar-refractivity contribution >= 4 is 18.4 Å². The molecule has 0 radical (unpaired) electrons. The second-order valence-electron chi connectivity index (χ2n) is 6.82. The number of rotatable bonds is 5. The Morgan fingerprint density at radius 2 is 2.20 bits per heavy atom. The highest BCUT2D eigenvalue weighted by atomic mass is 16.7. The molecule has 0 bridgehead atoms. The lowest BCUT2D eigenvalue weighted by molar-refractivity contribution is -0.160. The Kier molecular flexibility index (Phi) is 4.55. The van der Waals surface area contributed by atoms with Gasteiger partial charge in [-0.15, -0.1) is 0 Å². The van der Waals surface area contributed by atoms with Crippen LogP contribution in [0.3, 0.4) is 0 Å². The Balaban J connectivity index is 1.89. The monoisotopic (exact) mass is 349 g/mol. The summed E-state index contributed by atoms with van der Waals surface area (Å²) in [5.41, 5.74) is 1.53. The highest BCUT2D eigenvalue weighted by Crippen LogP contribution is 2.46. The lowest BCUT2D eigenvalue weighted by Gasteiger charge is -2.44. The number of allylic oxidation sites excluding steroid dienone is 1. The number of amides is 1. The minimum atomic E-state index is -1.46. The number of nitrogens with one attached hydrogen (secondary N) is 1. The summed E-state index contributed by atoms with van der Waals surface area (Å²) in [5, 5.41) is 26.3. The highest BCUT2D eigenvalue weighted by molar-refractivity contribution is 5.90. The lowest BCUT2D eigenvalue weighted by Crippen LogP contribution is -2.61. The van der Waals surface area contributed by atoms with Crippen molar-refractivity contribution in [2.75, 3.05) is 6.54 Å². The van der Waals surface area contributed by atoms with Crippen molar-refractivity contribution in [3.8, 4) is 0 Å². The number of hydrogen-bond donors (Lipinski definition) is 3. The number of likely N-dealkylation sites (tertiary alicyclic amines) is 1. The molecule has 2 saturated heterocycles. The molecule has 0 aromatic rings. The summed E-state index contributed by atoms with van der Waals surface area (Å²) in [6.07, 6.45) is 3.47. The zero-order valence-electron chi connectivity index (χ0n) is 14.3. The van der Waals surface area contributed by atoms with Crippen LogP contribution in [0.5, 0.6) is 0 Å². The average molecular weight is 349 g/mol. The minimum Gasteiger partial charge on any atom is -0.449 e. The van der Waals surface area contributed by atoms with Gasteiger partial charge in [0.25, 0.3) is 0 Å². The number of carbonyl (C=O) groups is 2. The Labute approximate surface area is 145 Å². The maximum atomic E-state index is 12.3. The zero-order chi connectivity index (χ0) is 18.3. The van der Waals surface area contributed by atoms with Crippen LogP contribution in [-0.2, 0) is 9.53 Å². The third-order valence-corrected chi connectivity index (χ3v) is 5.29. The molecule has 136 valence electrons. The van der Waals surface area contributed by atoms with E-state index in [0.29, 0.717) is 12.0 Å². The number of fused-ring (bicyclic) bond motifs is 1. The topological polar surface area (TPSA) is 114 Å². The first-order chi connectivity index (χ1) is 11.8. The van der Waals surface area contributed by atoms with E-state index in [0.717, 1.165) is 25.0 Å². The van der Waals surface area contributed by atoms with E-state index in [1.54, 1.807) is 6.92 Å². The molecule has 25 heavy (non-hydrogen) atoms. The number of aliphatic hydroxyl groups is 1. The molecule has 3 heterocycles. The summed E-state index contributed by atoms with van der Waals surface area (Å²) in [6.45, 7) is 4.26. The quantitative estimate of drug-likeness (QED) is 0.300. The van der Waals surface area contributed by atoms with E-state index in [1.807, 2.05) is 17.9 Å². The van der Waals surface area contributed by atoms with Crippen LogP contribution in [0.1, 0.15) is 33.1 Å². The summed E-state index contributed by atoms with van der Waals surface area (Å²) in [6, 6.07) is -0.171. The van der Waals surface area contributed by atoms with E-state index in [-0.39, 0.29) is 23.9 Å². The molecule has 0 aromatic carbocycles. The van der Waals surface area contributed by atoms with Crippen LogP contribution in [0.2, 0.25) is 0 Å². The molecule has 4 atom stereocenters. The summed E-state index contributed by atoms with van der Waals surface area (Å²) in [5.74, 6) is -0.768. The van der Waals surface area contributed by atoms with Crippen molar-refractivity contribution in [1.82, 2.24) is 9.80 Å². The van der Waals surface area contributed by atoms with E-state index in [1.165, 1.54) is 11.2 Å². The van der Waals surface area contributed by atoms with Crippen LogP contribution < -0.4 is 0 Å². The van der Waals surface area contributed by atoms with Gasteiger partial charge in [0, 0.05) is 18.2 Å². The van der Waals surface area contributed by atoms with Crippen LogP contribution in [0, 0.1) is 11.3 Å². The first kappa shape index (κ1) is 17.5. The Morgan fingerprint density at radius 3 is 2.80 bits per heavy atom. The number of nitrogens with zero attached hydrogens (tertiary/aromatic N) is 2. The van der Waals surface area contributed by atoms with Gasteiger partial charge < -0.3 is 19.8 Å². The molecular formula is C17H23N3O5. The predicted molar refractivity (Wildman–Crippen MR) is 88.8 cm³/mol. The third-order valence-electron chi connectivity index (χ3n) is 5.29. The van der Waals surface area contributed by atoms with Gasteiger partial charge >= 0.3 is 6.16 Å². The SMILES string of the molecule is C/C(=C\[C@@H]1CCCN1C=N)C1=C(OC(=O)O)N2C(=O)[C@H]([C@@H](C)O)[C@H]2C1. The first-order valence-electron chi connectivity index (χ1n) is 8.45. The maximum Gasteiger partial charge on any atom is 0.512 e. The van der Waals surface area contributed by atoms with E-state index >= 15 is 0 Å². The summed E-state index contributed by atoms with van der Waals surface area (Å²) in [7, 11) is 0. The van der Waals surface area contributed by atoms with Gasteiger partial charge in [-0.25, -0.2) is 4.79 Å². The zero-order valence-corrected chi connectivity index (χ0v) is 14.3. The van der Waals surface area contributed by atoms with Gasteiger partial charge in [-0.2, -0.15) is 0 Å². The molecule has 3 aliphatic heterocycles. The molecule has 0 saturated carbocycles. The highest BCUT2D eigenvalue weighted by Gasteiger charge is 2.56. The van der Waals surface area contributed by atoms with Gasteiger partial charge in [-0.05, 0) is 38.7 Å². The molecule has 3 rings (SSSR count). The standard InChI is InChI=1S/C17H23N3O5/c1-9(6-11-4-3-5-19(11)8-18)12-7-13-14(10(2)21)15(22)20(13)16(12)25-17(23)24/h6,8,10-11,13-14,18,21H,3-5,7H2,1-2H3,(H,23,24)/b9-6+,18-8?/t10-,11+,13-,14-/m1/s1. The van der Waals surface area contributed by atoms with Crippen molar-refractivity contribution in [1.29, 1.82) is 5.41 Å². The fourth-order valence-electron chi connectivity index (χ4n) is 4.07. The van der Waals surface area contributed by atoms with Crippen molar-refractivity contribution in [2.45, 2.75) is 51.3 Å². The van der Waals surface area contributed by atoms with Crippen molar-refractivity contribution < 1.29 is 24.5 Å². The molecular weight excluding hydrogens is 326 g/mol. The van der Waals surface area contributed by atoms with E-state index in [9.17, 15) is 14.7 Å². The number of carbonyl (C=O) groups excluding carboxylic acids is 1. The van der Waals surface area contributed by atoms with Crippen LogP contribution in [0.4, 0.5) is 4.79 Å². The molecule has 8 nitrogen and oxygen atoms in total. The van der Waals surface area contributed by atoms with Gasteiger partial charge in [0.15, 0.2) is 0 Å². The van der Waals surface area contributed by atoms with Gasteiger partial charge in [-0.1, -0.05) is 6.08 Å². The molecule has 0 unspecified atom stereocenters. The number of β-lactam (4-membered cyclic amide) rings is 1. The minimum absolute atomic E-state index is 0.0625. The van der Waals surface area contributed by atoms with Crippen LogP contribution >= 0.6 is 0 Å². The fraction of sp³-hybridized carbons (Fsp3) is 0.588. The van der Waals surface area contributed by atoms with Gasteiger partial charge in [0.05, 0.1) is 24.4 Å². The second-order valence-corrected chi connectivity index (χ2v) is 6.82. The molecule has 2 fully saturated rings. The van der Waals surface area contributed by atoms with Crippen LogP contribution in [-0.4, -0.2) is 63.1 Å². The van der Waals surface area contributed by atoms with Crippen molar-refractivity contribution in [3.05, 3.63) is 23.1 Å². The molecule has 3 N–H and O–H groups in total. The summed E-state index contributed by atoms with van der Waals surface area (Å²) >= 11 is 0. The largest absolute Gasteiger partial charge is 0.512 e. The third kappa shape index (κ3) is 2.90. The van der Waals surface area contributed by atoms with Crippen LogP contribution in [0.25, 0.3) is 0 Å². The molecule has 1 amide bonds. The van der Waals surface area contributed by atoms with E-state index in [2.05, 4.69) is 0 Å². The van der Waals surface area contributed by atoms with Crippen LogP contribution in [0.15, 0.2) is 23.1 Å². The number of aliphatic hydroxyl groups excluding tert-OH is 1. The van der Waals surface area contributed by atoms with E-state index in [4.69, 9.17) is 15.3 Å². The second kappa shape index (κ2) is 6.51. The Hall–Kier alpha value is -2.35. The number of ether oxygens (including phenoxy) is 1. The van der Waals surface area contributed by atoms with E-state index < -0.39 is 18.2 Å². The smallest absolute Gasteiger partial charge is 0.449 e. The first-order valence-corrected chi connectivity index (χ1v) is 8.45.